The number of amides is 1. The topological polar surface area (TPSA) is 66.4 Å². The van der Waals surface area contributed by atoms with Gasteiger partial charge in [0.05, 0.1) is 0 Å². The maximum atomic E-state index is 11.2. The van der Waals surface area contributed by atoms with Crippen molar-refractivity contribution in [1.82, 2.24) is 5.32 Å². The highest BCUT2D eigenvalue weighted by atomic mass is 16.4. The average molecular weight is 205 g/mol. The third-order valence-electron chi connectivity index (χ3n) is 1.81. The number of carbonyl (C=O) groups is 2. The molecule has 0 fully saturated rings. The first-order chi connectivity index (χ1) is 7.15. The minimum Gasteiger partial charge on any atom is -0.477 e. The summed E-state index contributed by atoms with van der Waals surface area (Å²) in [6.07, 6.45) is 1.33. The summed E-state index contributed by atoms with van der Waals surface area (Å²) in [4.78, 5) is 22.0. The molecular weight excluding hydrogens is 194 g/mol. The van der Waals surface area contributed by atoms with Gasteiger partial charge in [0, 0.05) is 7.05 Å². The Balaban J connectivity index is 3.05. The van der Waals surface area contributed by atoms with Crippen molar-refractivity contribution >= 4 is 18.0 Å². The molecule has 0 aliphatic rings. The summed E-state index contributed by atoms with van der Waals surface area (Å²) < 4.78 is 0. The molecule has 0 atom stereocenters. The van der Waals surface area contributed by atoms with Crippen LogP contribution in [0.3, 0.4) is 0 Å². The Labute approximate surface area is 87.2 Å². The van der Waals surface area contributed by atoms with Gasteiger partial charge in [0.15, 0.2) is 0 Å². The first-order valence-corrected chi connectivity index (χ1v) is 4.37. The SMILES string of the molecule is CNC(=O)/C(=C/c1ccccc1)C(=O)O. The fourth-order valence-corrected chi connectivity index (χ4v) is 1.08. The van der Waals surface area contributed by atoms with E-state index in [1.165, 1.54) is 13.1 Å². The molecule has 4 nitrogen and oxygen atoms in total. The second-order valence-corrected chi connectivity index (χ2v) is 2.85. The van der Waals surface area contributed by atoms with E-state index in [1.807, 2.05) is 6.07 Å². The lowest BCUT2D eigenvalue weighted by atomic mass is 10.1. The summed E-state index contributed by atoms with van der Waals surface area (Å²) in [5.74, 6) is -1.84. The highest BCUT2D eigenvalue weighted by Gasteiger charge is 2.15. The van der Waals surface area contributed by atoms with Crippen molar-refractivity contribution in [3.8, 4) is 0 Å². The number of benzene rings is 1. The van der Waals surface area contributed by atoms with E-state index in [2.05, 4.69) is 5.32 Å². The minimum atomic E-state index is -1.24. The van der Waals surface area contributed by atoms with Gasteiger partial charge in [-0.25, -0.2) is 4.79 Å². The van der Waals surface area contributed by atoms with Gasteiger partial charge in [-0.1, -0.05) is 30.3 Å². The molecule has 1 amide bonds. The quantitative estimate of drug-likeness (QED) is 0.437. The predicted octanol–water partition coefficient (Wildman–Crippen LogP) is 0.901. The number of likely N-dealkylation sites (N-methyl/N-ethyl adjacent to an activating group) is 1. The van der Waals surface area contributed by atoms with Crippen LogP contribution in [0.4, 0.5) is 0 Å². The van der Waals surface area contributed by atoms with Crippen molar-refractivity contribution in [3.05, 3.63) is 41.5 Å². The maximum Gasteiger partial charge on any atom is 0.341 e. The van der Waals surface area contributed by atoms with Crippen LogP contribution < -0.4 is 5.32 Å². The molecule has 0 radical (unpaired) electrons. The summed E-state index contributed by atoms with van der Waals surface area (Å²) >= 11 is 0. The number of hydrogen-bond donors (Lipinski definition) is 2. The van der Waals surface area contributed by atoms with Gasteiger partial charge in [0.1, 0.15) is 5.57 Å². The number of hydrogen-bond acceptors (Lipinski definition) is 2. The van der Waals surface area contributed by atoms with Gasteiger partial charge in [-0.15, -0.1) is 0 Å². The van der Waals surface area contributed by atoms with Crippen LogP contribution in [-0.2, 0) is 9.59 Å². The zero-order valence-corrected chi connectivity index (χ0v) is 8.23. The molecular formula is C11H11NO3. The molecule has 0 saturated heterocycles. The molecule has 0 bridgehead atoms. The summed E-state index contributed by atoms with van der Waals surface area (Å²) in [5.41, 5.74) is 0.405. The molecule has 0 aromatic heterocycles. The lowest BCUT2D eigenvalue weighted by molar-refractivity contribution is -0.134. The minimum absolute atomic E-state index is 0.274. The summed E-state index contributed by atoms with van der Waals surface area (Å²) in [6, 6.07) is 8.82. The van der Waals surface area contributed by atoms with E-state index < -0.39 is 11.9 Å². The molecule has 2 N–H and O–H groups in total. The second kappa shape index (κ2) is 4.95. The number of nitrogens with one attached hydrogen (secondary N) is 1. The smallest absolute Gasteiger partial charge is 0.341 e. The molecule has 0 aliphatic carbocycles. The Kier molecular flexibility index (Phi) is 3.62. The van der Waals surface area contributed by atoms with E-state index in [0.717, 1.165) is 0 Å². The van der Waals surface area contributed by atoms with Crippen molar-refractivity contribution < 1.29 is 14.7 Å². The fourth-order valence-electron chi connectivity index (χ4n) is 1.08. The molecule has 1 aromatic rings. The number of carboxylic acid groups (broad SMARTS) is 1. The summed E-state index contributed by atoms with van der Waals surface area (Å²) in [7, 11) is 1.39. The van der Waals surface area contributed by atoms with Crippen molar-refractivity contribution in [2.75, 3.05) is 7.05 Å². The van der Waals surface area contributed by atoms with Crippen LogP contribution in [0.2, 0.25) is 0 Å². The molecule has 1 aromatic carbocycles. The lowest BCUT2D eigenvalue weighted by Gasteiger charge is -2.00. The van der Waals surface area contributed by atoms with Crippen molar-refractivity contribution in [3.63, 3.8) is 0 Å². The summed E-state index contributed by atoms with van der Waals surface area (Å²) in [5, 5.41) is 11.1. The van der Waals surface area contributed by atoms with Crippen molar-refractivity contribution in [2.45, 2.75) is 0 Å². The Morgan fingerprint density at radius 1 is 1.27 bits per heavy atom. The van der Waals surface area contributed by atoms with Crippen LogP contribution >= 0.6 is 0 Å². The number of aliphatic carboxylic acids is 1. The fraction of sp³-hybridized carbons (Fsp3) is 0.0909. The molecule has 0 unspecified atom stereocenters. The molecule has 0 saturated carbocycles. The highest BCUT2D eigenvalue weighted by molar-refractivity contribution is 6.19. The lowest BCUT2D eigenvalue weighted by Crippen LogP contribution is -2.24. The molecule has 15 heavy (non-hydrogen) atoms. The number of carboxylic acids is 1. The normalized spacial score (nSPS) is 10.9. The third-order valence-corrected chi connectivity index (χ3v) is 1.81. The van der Waals surface area contributed by atoms with Gasteiger partial charge in [-0.3, -0.25) is 4.79 Å². The van der Waals surface area contributed by atoms with Crippen LogP contribution in [0.25, 0.3) is 6.08 Å². The van der Waals surface area contributed by atoms with Gasteiger partial charge in [-0.2, -0.15) is 0 Å². The third kappa shape index (κ3) is 2.95. The first-order valence-electron chi connectivity index (χ1n) is 4.37. The van der Waals surface area contributed by atoms with E-state index in [-0.39, 0.29) is 5.57 Å². The van der Waals surface area contributed by atoms with E-state index in [4.69, 9.17) is 5.11 Å². The van der Waals surface area contributed by atoms with E-state index in [9.17, 15) is 9.59 Å². The van der Waals surface area contributed by atoms with Crippen LogP contribution in [0.1, 0.15) is 5.56 Å². The Bertz CT molecular complexity index is 396. The zero-order chi connectivity index (χ0) is 11.3. The highest BCUT2D eigenvalue weighted by Crippen LogP contribution is 2.06. The van der Waals surface area contributed by atoms with Crippen LogP contribution in [0.15, 0.2) is 35.9 Å². The zero-order valence-electron chi connectivity index (χ0n) is 8.23. The van der Waals surface area contributed by atoms with E-state index >= 15 is 0 Å². The molecule has 78 valence electrons. The largest absolute Gasteiger partial charge is 0.477 e. The average Bonchev–Trinajstić information content (AvgIpc) is 2.26. The number of carbonyl (C=O) groups excluding carboxylic acids is 1. The maximum absolute atomic E-state index is 11.2. The van der Waals surface area contributed by atoms with E-state index in [1.54, 1.807) is 24.3 Å². The second-order valence-electron chi connectivity index (χ2n) is 2.85. The van der Waals surface area contributed by atoms with Crippen molar-refractivity contribution in [2.24, 2.45) is 0 Å². The van der Waals surface area contributed by atoms with Gasteiger partial charge >= 0.3 is 5.97 Å². The Hall–Kier alpha value is -2.10. The van der Waals surface area contributed by atoms with Crippen LogP contribution in [0.5, 0.6) is 0 Å². The molecule has 0 aliphatic heterocycles. The van der Waals surface area contributed by atoms with Gasteiger partial charge in [0.2, 0.25) is 0 Å². The predicted molar refractivity (Wildman–Crippen MR) is 56.1 cm³/mol. The molecule has 4 heteroatoms. The molecule has 0 spiro atoms. The molecule has 1 rings (SSSR count). The summed E-state index contributed by atoms with van der Waals surface area (Å²) in [6.45, 7) is 0. The van der Waals surface area contributed by atoms with Gasteiger partial charge in [-0.05, 0) is 11.6 Å². The Morgan fingerprint density at radius 3 is 2.33 bits per heavy atom. The standard InChI is InChI=1S/C11H11NO3/c1-12-10(13)9(11(14)15)7-8-5-3-2-4-6-8/h2-7H,1H3,(H,12,13)(H,14,15)/b9-7-. The number of rotatable bonds is 3. The van der Waals surface area contributed by atoms with Crippen LogP contribution in [-0.4, -0.2) is 24.0 Å². The van der Waals surface area contributed by atoms with E-state index in [0.29, 0.717) is 5.56 Å². The first kappa shape index (κ1) is 11.0. The Morgan fingerprint density at radius 2 is 1.87 bits per heavy atom. The monoisotopic (exact) mass is 205 g/mol. The van der Waals surface area contributed by atoms with Crippen LogP contribution in [0, 0.1) is 0 Å². The van der Waals surface area contributed by atoms with Crippen molar-refractivity contribution in [1.29, 1.82) is 0 Å². The van der Waals surface area contributed by atoms with Gasteiger partial charge < -0.3 is 10.4 Å². The van der Waals surface area contributed by atoms with Gasteiger partial charge in [0.25, 0.3) is 5.91 Å². The molecule has 0 heterocycles.